The maximum Gasteiger partial charge on any atom is 0.226 e. The van der Waals surface area contributed by atoms with Crippen molar-refractivity contribution >= 4 is 11.6 Å². The average molecular weight is 222 g/mol. The molecule has 4 nitrogen and oxygen atoms in total. The number of rotatable bonds is 5. The van der Waals surface area contributed by atoms with Crippen LogP contribution in [-0.4, -0.2) is 19.1 Å². The highest BCUT2D eigenvalue weighted by Crippen LogP contribution is 2.23. The van der Waals surface area contributed by atoms with Crippen molar-refractivity contribution in [3.63, 3.8) is 0 Å². The van der Waals surface area contributed by atoms with Gasteiger partial charge in [0.1, 0.15) is 5.75 Å². The fourth-order valence-electron chi connectivity index (χ4n) is 1.33. The summed E-state index contributed by atoms with van der Waals surface area (Å²) in [6, 6.07) is 7.21. The maximum absolute atomic E-state index is 11.6. The van der Waals surface area contributed by atoms with Gasteiger partial charge >= 0.3 is 0 Å². The van der Waals surface area contributed by atoms with Crippen LogP contribution in [0.25, 0.3) is 0 Å². The van der Waals surface area contributed by atoms with E-state index in [1.807, 2.05) is 19.1 Å². The quantitative estimate of drug-likeness (QED) is 0.798. The molecule has 4 heteroatoms. The lowest BCUT2D eigenvalue weighted by molar-refractivity contribution is -0.116. The number of hydrogen-bond acceptors (Lipinski definition) is 3. The van der Waals surface area contributed by atoms with Gasteiger partial charge in [-0.05, 0) is 18.6 Å². The van der Waals surface area contributed by atoms with Crippen LogP contribution in [0.4, 0.5) is 5.69 Å². The van der Waals surface area contributed by atoms with E-state index in [4.69, 9.17) is 10.5 Å². The van der Waals surface area contributed by atoms with Gasteiger partial charge in [-0.2, -0.15) is 0 Å². The van der Waals surface area contributed by atoms with Gasteiger partial charge in [0.15, 0.2) is 0 Å². The predicted octanol–water partition coefficient (Wildman–Crippen LogP) is 1.76. The van der Waals surface area contributed by atoms with Crippen molar-refractivity contribution in [2.45, 2.75) is 25.8 Å². The summed E-state index contributed by atoms with van der Waals surface area (Å²) in [5, 5.41) is 2.78. The Balaban J connectivity index is 2.62. The Labute approximate surface area is 95.8 Å². The van der Waals surface area contributed by atoms with Crippen molar-refractivity contribution in [1.82, 2.24) is 0 Å². The minimum absolute atomic E-state index is 0.0844. The zero-order valence-corrected chi connectivity index (χ0v) is 9.69. The molecule has 0 heterocycles. The highest BCUT2D eigenvalue weighted by atomic mass is 16.5. The number of benzene rings is 1. The Morgan fingerprint density at radius 2 is 2.19 bits per heavy atom. The highest BCUT2D eigenvalue weighted by Gasteiger charge is 2.09. The van der Waals surface area contributed by atoms with Crippen LogP contribution in [0.5, 0.6) is 5.75 Å². The molecule has 1 unspecified atom stereocenters. The standard InChI is InChI=1S/C12H18N2O2/c1-3-9(13)8-12(15)14-10-6-4-5-7-11(10)16-2/h4-7,9H,3,8,13H2,1-2H3,(H,14,15). The average Bonchev–Trinajstić information content (AvgIpc) is 2.29. The molecule has 1 atom stereocenters. The van der Waals surface area contributed by atoms with Crippen molar-refractivity contribution in [3.8, 4) is 5.75 Å². The molecule has 0 spiro atoms. The molecule has 3 N–H and O–H groups in total. The zero-order chi connectivity index (χ0) is 12.0. The van der Waals surface area contributed by atoms with Gasteiger partial charge in [-0.25, -0.2) is 0 Å². The molecule has 1 aromatic carbocycles. The molecule has 16 heavy (non-hydrogen) atoms. The van der Waals surface area contributed by atoms with E-state index in [1.54, 1.807) is 19.2 Å². The van der Waals surface area contributed by atoms with Gasteiger partial charge in [0.2, 0.25) is 5.91 Å². The summed E-state index contributed by atoms with van der Waals surface area (Å²) < 4.78 is 5.13. The molecule has 1 rings (SSSR count). The summed E-state index contributed by atoms with van der Waals surface area (Å²) in [6.45, 7) is 1.96. The Bertz CT molecular complexity index is 353. The predicted molar refractivity (Wildman–Crippen MR) is 64.5 cm³/mol. The number of carbonyl (C=O) groups is 1. The lowest BCUT2D eigenvalue weighted by atomic mass is 10.1. The maximum atomic E-state index is 11.6. The summed E-state index contributed by atoms with van der Waals surface area (Å²) >= 11 is 0. The van der Waals surface area contributed by atoms with Crippen molar-refractivity contribution in [1.29, 1.82) is 0 Å². The fraction of sp³-hybridized carbons (Fsp3) is 0.417. The largest absolute Gasteiger partial charge is 0.495 e. The third-order valence-electron chi connectivity index (χ3n) is 2.35. The second kappa shape index (κ2) is 6.12. The van der Waals surface area contributed by atoms with Gasteiger partial charge in [0, 0.05) is 12.5 Å². The lowest BCUT2D eigenvalue weighted by Crippen LogP contribution is -2.26. The van der Waals surface area contributed by atoms with Crippen LogP contribution >= 0.6 is 0 Å². The molecule has 0 aliphatic rings. The third-order valence-corrected chi connectivity index (χ3v) is 2.35. The number of carbonyl (C=O) groups excluding carboxylic acids is 1. The molecule has 0 fully saturated rings. The second-order valence-electron chi connectivity index (χ2n) is 3.62. The molecule has 88 valence electrons. The summed E-state index contributed by atoms with van der Waals surface area (Å²) in [5.74, 6) is 0.569. The van der Waals surface area contributed by atoms with E-state index >= 15 is 0 Å². The van der Waals surface area contributed by atoms with E-state index in [1.165, 1.54) is 0 Å². The first-order valence-electron chi connectivity index (χ1n) is 5.35. The molecule has 0 saturated carbocycles. The third kappa shape index (κ3) is 3.55. The summed E-state index contributed by atoms with van der Waals surface area (Å²) in [6.07, 6.45) is 1.12. The smallest absolute Gasteiger partial charge is 0.226 e. The van der Waals surface area contributed by atoms with Crippen LogP contribution in [0.3, 0.4) is 0 Å². The van der Waals surface area contributed by atoms with E-state index in [-0.39, 0.29) is 11.9 Å². The lowest BCUT2D eigenvalue weighted by Gasteiger charge is -2.11. The molecule has 0 saturated heterocycles. The van der Waals surface area contributed by atoms with Crippen molar-refractivity contribution in [3.05, 3.63) is 24.3 Å². The Morgan fingerprint density at radius 1 is 1.50 bits per heavy atom. The van der Waals surface area contributed by atoms with Crippen LogP contribution in [-0.2, 0) is 4.79 Å². The van der Waals surface area contributed by atoms with E-state index in [9.17, 15) is 4.79 Å². The zero-order valence-electron chi connectivity index (χ0n) is 9.69. The number of nitrogens with one attached hydrogen (secondary N) is 1. The summed E-state index contributed by atoms with van der Waals surface area (Å²) in [4.78, 5) is 11.6. The number of methoxy groups -OCH3 is 1. The van der Waals surface area contributed by atoms with Gasteiger partial charge < -0.3 is 15.8 Å². The van der Waals surface area contributed by atoms with Gasteiger partial charge in [-0.15, -0.1) is 0 Å². The van der Waals surface area contributed by atoms with Crippen LogP contribution in [0.1, 0.15) is 19.8 Å². The summed E-state index contributed by atoms with van der Waals surface area (Å²) in [7, 11) is 1.57. The Morgan fingerprint density at radius 3 is 2.81 bits per heavy atom. The van der Waals surface area contributed by atoms with E-state index in [2.05, 4.69) is 5.32 Å². The minimum Gasteiger partial charge on any atom is -0.495 e. The molecular weight excluding hydrogens is 204 g/mol. The second-order valence-corrected chi connectivity index (χ2v) is 3.62. The first-order valence-corrected chi connectivity index (χ1v) is 5.35. The number of para-hydroxylation sites is 2. The summed E-state index contributed by atoms with van der Waals surface area (Å²) in [5.41, 5.74) is 6.38. The number of amides is 1. The van der Waals surface area contributed by atoms with E-state index < -0.39 is 0 Å². The van der Waals surface area contributed by atoms with Gasteiger partial charge in [-0.3, -0.25) is 4.79 Å². The van der Waals surface area contributed by atoms with Crippen molar-refractivity contribution in [2.24, 2.45) is 5.73 Å². The number of nitrogens with two attached hydrogens (primary N) is 1. The molecule has 0 aliphatic heterocycles. The molecule has 1 aromatic rings. The Hall–Kier alpha value is -1.55. The molecule has 1 amide bonds. The Kier molecular flexibility index (Phi) is 4.79. The fourth-order valence-corrected chi connectivity index (χ4v) is 1.33. The normalized spacial score (nSPS) is 11.9. The molecule has 0 aromatic heterocycles. The van der Waals surface area contributed by atoms with Crippen LogP contribution < -0.4 is 15.8 Å². The number of ether oxygens (including phenoxy) is 1. The molecular formula is C12H18N2O2. The molecule has 0 radical (unpaired) electrons. The van der Waals surface area contributed by atoms with E-state index in [0.29, 0.717) is 17.9 Å². The van der Waals surface area contributed by atoms with Crippen LogP contribution in [0, 0.1) is 0 Å². The minimum atomic E-state index is -0.0882. The molecule has 0 bridgehead atoms. The van der Waals surface area contributed by atoms with Crippen LogP contribution in [0.15, 0.2) is 24.3 Å². The highest BCUT2D eigenvalue weighted by molar-refractivity contribution is 5.92. The topological polar surface area (TPSA) is 64.4 Å². The van der Waals surface area contributed by atoms with E-state index in [0.717, 1.165) is 6.42 Å². The first-order chi connectivity index (χ1) is 7.67. The molecule has 0 aliphatic carbocycles. The van der Waals surface area contributed by atoms with Gasteiger partial charge in [0.05, 0.1) is 12.8 Å². The van der Waals surface area contributed by atoms with Crippen molar-refractivity contribution < 1.29 is 9.53 Å². The van der Waals surface area contributed by atoms with Crippen molar-refractivity contribution in [2.75, 3.05) is 12.4 Å². The van der Waals surface area contributed by atoms with Gasteiger partial charge in [-0.1, -0.05) is 19.1 Å². The number of anilines is 1. The van der Waals surface area contributed by atoms with Gasteiger partial charge in [0.25, 0.3) is 0 Å². The monoisotopic (exact) mass is 222 g/mol. The first kappa shape index (κ1) is 12.5. The SMILES string of the molecule is CCC(N)CC(=O)Nc1ccccc1OC. The number of hydrogen-bond donors (Lipinski definition) is 2. The van der Waals surface area contributed by atoms with Crippen LogP contribution in [0.2, 0.25) is 0 Å².